The summed E-state index contributed by atoms with van der Waals surface area (Å²) in [7, 11) is 2.59. The summed E-state index contributed by atoms with van der Waals surface area (Å²) in [6, 6.07) is 12.0. The summed E-state index contributed by atoms with van der Waals surface area (Å²) in [4.78, 5) is 40.8. The van der Waals surface area contributed by atoms with E-state index < -0.39 is 5.97 Å². The molecule has 9 heteroatoms. The van der Waals surface area contributed by atoms with Crippen molar-refractivity contribution in [3.8, 4) is 0 Å². The minimum atomic E-state index is -0.548. The summed E-state index contributed by atoms with van der Waals surface area (Å²) in [6.45, 7) is 1.61. The summed E-state index contributed by atoms with van der Waals surface area (Å²) in [5.41, 5.74) is 2.53. The Bertz CT molecular complexity index is 1030. The topological polar surface area (TPSA) is 118 Å². The molecule has 2 aromatic carbocycles. The van der Waals surface area contributed by atoms with Crippen LogP contribution in [-0.4, -0.2) is 51.1 Å². The van der Waals surface area contributed by atoms with E-state index in [0.717, 1.165) is 25.2 Å². The fraction of sp³-hybridized carbons (Fsp3) is 0.304. The second-order valence-corrected chi connectivity index (χ2v) is 7.11. The first-order valence-corrected chi connectivity index (χ1v) is 10.2. The number of rotatable bonds is 7. The molecule has 2 aromatic rings. The van der Waals surface area contributed by atoms with Gasteiger partial charge in [0, 0.05) is 36.4 Å². The number of aryl methyl sites for hydroxylation is 1. The van der Waals surface area contributed by atoms with Crippen LogP contribution >= 0.6 is 0 Å². The van der Waals surface area contributed by atoms with Crippen molar-refractivity contribution in [3.05, 3.63) is 59.2 Å². The normalized spacial score (nSPS) is 12.8. The third-order valence-electron chi connectivity index (χ3n) is 4.88. The molecule has 0 saturated heterocycles. The Labute approximate surface area is 186 Å². The number of ether oxygens (including phenoxy) is 2. The monoisotopic (exact) mass is 438 g/mol. The molecule has 1 aliphatic heterocycles. The zero-order valence-electron chi connectivity index (χ0n) is 18.1. The van der Waals surface area contributed by atoms with Crippen LogP contribution in [0.1, 0.15) is 39.1 Å². The number of carbonyl (C=O) groups excluding carboxylic acids is 3. The third-order valence-corrected chi connectivity index (χ3v) is 4.88. The maximum atomic E-state index is 12.8. The van der Waals surface area contributed by atoms with Gasteiger partial charge in [-0.3, -0.25) is 14.6 Å². The molecule has 168 valence electrons. The number of hydrogen-bond donors (Lipinski definition) is 3. The second kappa shape index (κ2) is 10.9. The summed E-state index contributed by atoms with van der Waals surface area (Å²) in [5.74, 6) is -0.571. The molecule has 32 heavy (non-hydrogen) atoms. The Morgan fingerprint density at radius 2 is 1.91 bits per heavy atom. The highest BCUT2D eigenvalue weighted by Crippen LogP contribution is 2.20. The number of methoxy groups -OCH3 is 2. The molecular formula is C23H26N4O5. The predicted molar refractivity (Wildman–Crippen MR) is 121 cm³/mol. The number of nitrogens with zero attached hydrogens (tertiary/aromatic N) is 1. The highest BCUT2D eigenvalue weighted by molar-refractivity contribution is 6.06. The van der Waals surface area contributed by atoms with Crippen LogP contribution in [-0.2, 0) is 20.7 Å². The number of guanidine groups is 1. The molecule has 0 saturated carbocycles. The van der Waals surface area contributed by atoms with Gasteiger partial charge in [0.2, 0.25) is 0 Å². The van der Waals surface area contributed by atoms with Crippen molar-refractivity contribution in [1.29, 1.82) is 0 Å². The standard InChI is InChI=1S/C23H26N4O5/c1-31-20(28)10-8-15-7-9-18(14-19(15)22(30)32-2)26-21(29)16-5-3-6-17(13-16)27-23-24-11-4-12-25-23/h3,5-7,9,13-14H,4,8,10-12H2,1-2H3,(H,26,29)(H2,24,25,27). The minimum Gasteiger partial charge on any atom is -0.469 e. The number of nitrogens with one attached hydrogen (secondary N) is 3. The van der Waals surface area contributed by atoms with Crippen molar-refractivity contribution < 1.29 is 23.9 Å². The van der Waals surface area contributed by atoms with Gasteiger partial charge in [-0.15, -0.1) is 0 Å². The average Bonchev–Trinajstić information content (AvgIpc) is 2.83. The largest absolute Gasteiger partial charge is 0.469 e. The van der Waals surface area contributed by atoms with Gasteiger partial charge in [-0.2, -0.15) is 0 Å². The molecule has 0 fully saturated rings. The lowest BCUT2D eigenvalue weighted by molar-refractivity contribution is -0.140. The van der Waals surface area contributed by atoms with E-state index in [0.29, 0.717) is 29.2 Å². The molecule has 3 N–H and O–H groups in total. The fourth-order valence-corrected chi connectivity index (χ4v) is 3.21. The summed E-state index contributed by atoms with van der Waals surface area (Å²) in [5, 5.41) is 9.14. The van der Waals surface area contributed by atoms with Gasteiger partial charge in [0.1, 0.15) is 0 Å². The van der Waals surface area contributed by atoms with Gasteiger partial charge in [-0.1, -0.05) is 12.1 Å². The van der Waals surface area contributed by atoms with Crippen molar-refractivity contribution in [3.63, 3.8) is 0 Å². The van der Waals surface area contributed by atoms with Crippen LogP contribution in [0.4, 0.5) is 11.4 Å². The van der Waals surface area contributed by atoms with Crippen molar-refractivity contribution in [2.45, 2.75) is 19.3 Å². The number of hydrogen-bond acceptors (Lipinski definition) is 8. The summed E-state index contributed by atoms with van der Waals surface area (Å²) in [6.07, 6.45) is 1.44. The molecule has 0 bridgehead atoms. The molecule has 0 aromatic heterocycles. The molecule has 0 spiro atoms. The van der Waals surface area contributed by atoms with Gasteiger partial charge >= 0.3 is 11.9 Å². The fourth-order valence-electron chi connectivity index (χ4n) is 3.21. The predicted octanol–water partition coefficient (Wildman–Crippen LogP) is 2.59. The molecule has 3 rings (SSSR count). The molecule has 1 amide bonds. The molecule has 0 radical (unpaired) electrons. The van der Waals surface area contributed by atoms with Gasteiger partial charge in [-0.25, -0.2) is 4.79 Å². The first kappa shape index (κ1) is 22.8. The molecule has 1 aliphatic rings. The molecule has 0 atom stereocenters. The van der Waals surface area contributed by atoms with Crippen molar-refractivity contribution >= 4 is 35.2 Å². The molecule has 0 unspecified atom stereocenters. The van der Waals surface area contributed by atoms with Gasteiger partial charge in [0.05, 0.1) is 19.8 Å². The van der Waals surface area contributed by atoms with Crippen LogP contribution in [0.15, 0.2) is 47.5 Å². The van der Waals surface area contributed by atoms with Gasteiger partial charge < -0.3 is 25.4 Å². The highest BCUT2D eigenvalue weighted by atomic mass is 16.5. The summed E-state index contributed by atoms with van der Waals surface area (Å²) < 4.78 is 9.50. The molecule has 0 aliphatic carbocycles. The number of amides is 1. The van der Waals surface area contributed by atoms with E-state index in [-0.39, 0.29) is 23.9 Å². The van der Waals surface area contributed by atoms with Crippen LogP contribution < -0.4 is 16.0 Å². The second-order valence-electron chi connectivity index (χ2n) is 7.11. The molecule has 9 nitrogen and oxygen atoms in total. The maximum absolute atomic E-state index is 12.8. The van der Waals surface area contributed by atoms with Gasteiger partial charge in [0.25, 0.3) is 5.91 Å². The first-order chi connectivity index (χ1) is 15.5. The van der Waals surface area contributed by atoms with Gasteiger partial charge in [0.15, 0.2) is 5.96 Å². The van der Waals surface area contributed by atoms with Crippen molar-refractivity contribution in [1.82, 2.24) is 5.32 Å². The average molecular weight is 438 g/mol. The SMILES string of the molecule is COC(=O)CCc1ccc(NC(=O)c2cccc(NC3=NCCCN3)c2)cc1C(=O)OC. The van der Waals surface area contributed by atoms with Crippen molar-refractivity contribution in [2.75, 3.05) is 37.9 Å². The minimum absolute atomic E-state index is 0.131. The molecule has 1 heterocycles. The van der Waals surface area contributed by atoms with E-state index in [1.165, 1.54) is 14.2 Å². The Morgan fingerprint density at radius 3 is 2.62 bits per heavy atom. The van der Waals surface area contributed by atoms with Gasteiger partial charge in [-0.05, 0) is 48.7 Å². The molecular weight excluding hydrogens is 412 g/mol. The van der Waals surface area contributed by atoms with E-state index in [4.69, 9.17) is 4.74 Å². The lowest BCUT2D eigenvalue weighted by atomic mass is 10.0. The van der Waals surface area contributed by atoms with Crippen LogP contribution in [0.25, 0.3) is 0 Å². The number of carbonyl (C=O) groups is 3. The van der Waals surface area contributed by atoms with E-state index in [1.54, 1.807) is 36.4 Å². The van der Waals surface area contributed by atoms with E-state index in [2.05, 4.69) is 25.7 Å². The van der Waals surface area contributed by atoms with E-state index >= 15 is 0 Å². The maximum Gasteiger partial charge on any atom is 0.338 e. The van der Waals surface area contributed by atoms with Crippen LogP contribution in [0.2, 0.25) is 0 Å². The lowest BCUT2D eigenvalue weighted by Crippen LogP contribution is -2.35. The van der Waals surface area contributed by atoms with E-state index in [9.17, 15) is 14.4 Å². The Balaban J connectivity index is 1.74. The Hall–Kier alpha value is -3.88. The summed E-state index contributed by atoms with van der Waals surface area (Å²) >= 11 is 0. The van der Waals surface area contributed by atoms with Crippen LogP contribution in [0.3, 0.4) is 0 Å². The number of anilines is 2. The zero-order chi connectivity index (χ0) is 22.9. The van der Waals surface area contributed by atoms with Crippen LogP contribution in [0, 0.1) is 0 Å². The quantitative estimate of drug-likeness (QED) is 0.569. The number of benzene rings is 2. The van der Waals surface area contributed by atoms with E-state index in [1.807, 2.05) is 6.07 Å². The Kier molecular flexibility index (Phi) is 7.80. The van der Waals surface area contributed by atoms with Crippen molar-refractivity contribution in [2.24, 2.45) is 4.99 Å². The first-order valence-electron chi connectivity index (χ1n) is 10.2. The third kappa shape index (κ3) is 6.07. The Morgan fingerprint density at radius 1 is 1.06 bits per heavy atom. The smallest absolute Gasteiger partial charge is 0.338 e. The zero-order valence-corrected chi connectivity index (χ0v) is 18.1. The number of esters is 2. The number of aliphatic imine (C=N–C) groups is 1. The highest BCUT2D eigenvalue weighted by Gasteiger charge is 2.16. The van der Waals surface area contributed by atoms with Crippen LogP contribution in [0.5, 0.6) is 0 Å². The lowest BCUT2D eigenvalue weighted by Gasteiger charge is -2.16.